The first-order chi connectivity index (χ1) is 37.5. The van der Waals surface area contributed by atoms with Crippen LogP contribution in [0.3, 0.4) is 0 Å². The number of halogens is 3. The van der Waals surface area contributed by atoms with Crippen molar-refractivity contribution in [2.24, 2.45) is 0 Å². The molecule has 0 saturated carbocycles. The summed E-state index contributed by atoms with van der Waals surface area (Å²) in [6, 6.07) is 43.9. The number of rotatable bonds is 10. The lowest BCUT2D eigenvalue weighted by Gasteiger charge is -2.23. The maximum atomic E-state index is 13.5. The molecule has 1 unspecified atom stereocenters. The lowest BCUT2D eigenvalue weighted by molar-refractivity contribution is -0.117. The summed E-state index contributed by atoms with van der Waals surface area (Å²) >= 11 is 0. The van der Waals surface area contributed by atoms with E-state index in [1.165, 1.54) is 60.7 Å². The first kappa shape index (κ1) is 51.8. The molecule has 0 aliphatic carbocycles. The van der Waals surface area contributed by atoms with E-state index in [1.54, 1.807) is 48.5 Å². The van der Waals surface area contributed by atoms with Gasteiger partial charge in [0, 0.05) is 54.9 Å². The van der Waals surface area contributed by atoms with Crippen LogP contribution in [-0.4, -0.2) is 94.3 Å². The Hall–Kier alpha value is -9.70. The molecule has 1 aliphatic heterocycles. The Kier molecular flexibility index (Phi) is 14.3. The Morgan fingerprint density at radius 3 is 1.85 bits per heavy atom. The first-order valence-electron chi connectivity index (χ1n) is 24.4. The van der Waals surface area contributed by atoms with Gasteiger partial charge in [0.05, 0.1) is 43.6 Å². The van der Waals surface area contributed by atoms with E-state index in [1.807, 2.05) is 85.8 Å². The van der Waals surface area contributed by atoms with E-state index in [0.717, 1.165) is 71.2 Å². The number of amides is 1. The van der Waals surface area contributed by atoms with E-state index in [-0.39, 0.29) is 34.0 Å². The van der Waals surface area contributed by atoms with Crippen molar-refractivity contribution in [2.75, 3.05) is 23.4 Å². The third-order valence-corrected chi connectivity index (χ3v) is 14.4. The first-order valence-corrected chi connectivity index (χ1v) is 25.9. The van der Waals surface area contributed by atoms with Crippen LogP contribution in [0.15, 0.2) is 163 Å². The van der Waals surface area contributed by atoms with Crippen molar-refractivity contribution in [2.45, 2.75) is 44.6 Å². The Morgan fingerprint density at radius 2 is 1.26 bits per heavy atom. The van der Waals surface area contributed by atoms with Crippen LogP contribution in [0.2, 0.25) is 0 Å². The van der Waals surface area contributed by atoms with Gasteiger partial charge in [-0.25, -0.2) is 46.1 Å². The number of H-pyrrole nitrogens is 1. The zero-order chi connectivity index (χ0) is 54.8. The molecule has 11 aromatic rings. The fourth-order valence-corrected chi connectivity index (χ4v) is 10.3. The minimum atomic E-state index is -3.97. The highest BCUT2D eigenvalue weighted by Gasteiger charge is 2.28. The number of para-hydroxylation sites is 1. The molecule has 0 bridgehead atoms. The van der Waals surface area contributed by atoms with Gasteiger partial charge >= 0.3 is 5.97 Å². The fraction of sp³-hybridized carbons (Fsp3) is 0.143. The zero-order valence-corrected chi connectivity index (χ0v) is 43.1. The van der Waals surface area contributed by atoms with E-state index in [4.69, 9.17) is 15.1 Å². The van der Waals surface area contributed by atoms with Gasteiger partial charge in [-0.2, -0.15) is 5.21 Å². The summed E-state index contributed by atoms with van der Waals surface area (Å²) in [4.78, 5) is 40.3. The fourth-order valence-electron chi connectivity index (χ4n) is 9.31. The Bertz CT molecular complexity index is 4100. The van der Waals surface area contributed by atoms with Gasteiger partial charge in [0.15, 0.2) is 0 Å². The number of carboxylic acid groups (broad SMARTS) is 1. The molecule has 18 nitrogen and oxygen atoms in total. The largest absolute Gasteiger partial charge is 0.478 e. The number of hydrogen-bond acceptors (Lipinski definition) is 12. The molecule has 1 amide bonds. The zero-order valence-electron chi connectivity index (χ0n) is 42.3. The maximum absolute atomic E-state index is 13.5. The molecule has 7 aromatic carbocycles. The number of carbonyl (C=O) groups excluding carboxylic acids is 1. The highest BCUT2D eigenvalue weighted by atomic mass is 32.2. The average molecular weight is 1070 g/mol. The molecule has 3 N–H and O–H groups in total. The number of carbonyl (C=O) groups is 2. The molecule has 1 saturated heterocycles. The predicted molar refractivity (Wildman–Crippen MR) is 290 cm³/mol. The van der Waals surface area contributed by atoms with Crippen LogP contribution in [0.4, 0.5) is 30.8 Å². The number of nitrogens with one attached hydrogen (secondary N) is 2. The summed E-state index contributed by atoms with van der Waals surface area (Å²) in [5, 5.41) is 23.2. The van der Waals surface area contributed by atoms with Crippen LogP contribution in [0.1, 0.15) is 42.9 Å². The highest BCUT2D eigenvalue weighted by molar-refractivity contribution is 7.90. The third-order valence-electron chi connectivity index (χ3n) is 13.0. The van der Waals surface area contributed by atoms with Crippen LogP contribution in [0.5, 0.6) is 0 Å². The molecule has 4 aromatic heterocycles. The second kappa shape index (κ2) is 21.5. The lowest BCUT2D eigenvalue weighted by atomic mass is 10.2. The van der Waals surface area contributed by atoms with Crippen LogP contribution in [-0.2, 0) is 14.8 Å². The van der Waals surface area contributed by atoms with E-state index in [0.29, 0.717) is 40.1 Å². The van der Waals surface area contributed by atoms with Gasteiger partial charge in [0.25, 0.3) is 10.0 Å². The number of aromatic carboxylic acids is 1. The third kappa shape index (κ3) is 10.6. The number of imidazole rings is 3. The van der Waals surface area contributed by atoms with Gasteiger partial charge in [-0.05, 0) is 171 Å². The number of aryl methyl sites for hydroxylation is 1. The SMILES string of the molecule is CC(=O)NS(=O)(=O)c1ccc2c(c1)nc(N1CCCC1C)n2-c1ccc(F)cc1.CN(c1ccccc1)c1nc2cc(-c3nn[nH]n3)ccc2n1-c1ccc(F)cc1.Cc1nc2cc(C(=O)O)ccc2n1-c1ccc(F)cc1. The average Bonchev–Trinajstić information content (AvgIpc) is 4.48. The number of aromatic amines is 1. The van der Waals surface area contributed by atoms with Crippen LogP contribution >= 0.6 is 0 Å². The van der Waals surface area contributed by atoms with E-state index >= 15 is 0 Å². The topological polar surface area (TPSA) is 215 Å². The van der Waals surface area contributed by atoms with Crippen molar-refractivity contribution in [3.05, 3.63) is 187 Å². The van der Waals surface area contributed by atoms with Gasteiger partial charge < -0.3 is 14.9 Å². The molecule has 0 spiro atoms. The van der Waals surface area contributed by atoms with Crippen LogP contribution in [0, 0.1) is 24.4 Å². The molecule has 394 valence electrons. The normalized spacial score (nSPS) is 13.3. The van der Waals surface area contributed by atoms with Crippen molar-refractivity contribution in [3.8, 4) is 28.5 Å². The molecular weight excluding hydrogens is 1020 g/mol. The molecule has 0 radical (unpaired) electrons. The lowest BCUT2D eigenvalue weighted by Crippen LogP contribution is -2.29. The summed E-state index contributed by atoms with van der Waals surface area (Å²) < 4.78 is 72.5. The number of benzene rings is 7. The van der Waals surface area contributed by atoms with E-state index in [9.17, 15) is 31.2 Å². The van der Waals surface area contributed by atoms with Crippen molar-refractivity contribution in [3.63, 3.8) is 0 Å². The predicted octanol–water partition coefficient (Wildman–Crippen LogP) is 10.3. The quantitative estimate of drug-likeness (QED) is 0.116. The van der Waals surface area contributed by atoms with E-state index < -0.39 is 21.9 Å². The summed E-state index contributed by atoms with van der Waals surface area (Å²) in [7, 11) is -2.01. The standard InChI is InChI=1S/C21H16FN7.C20H21FN4O3S.C15H11FN2O2/c1-28(16-5-3-2-4-6-16)21-23-18-13-14(20-24-26-27-25-20)7-12-19(18)29(21)17-10-8-15(22)9-11-17;1-13-4-3-11-24(13)20-22-18-12-17(29(27,28)23-14(2)26)9-10-19(18)25(20)16-7-5-15(21)6-8-16;1-9-17-13-8-10(15(19)20)2-7-14(13)18(9)12-5-3-11(16)4-6-12/h2-13H,1H3,(H,24,25,26,27);5-10,12-13H,3-4,11H2,1-2H3,(H,23,26);2-8H,1H3,(H,19,20). The molecule has 22 heteroatoms. The summed E-state index contributed by atoms with van der Waals surface area (Å²) in [5.74, 6) is 0.0518. The Balaban J connectivity index is 0.000000135. The van der Waals surface area contributed by atoms with Crippen LogP contribution in [0.25, 0.3) is 61.6 Å². The number of fused-ring (bicyclic) bond motifs is 3. The van der Waals surface area contributed by atoms with Gasteiger partial charge in [-0.3, -0.25) is 18.5 Å². The number of aromatic nitrogens is 10. The Morgan fingerprint density at radius 1 is 0.692 bits per heavy atom. The summed E-state index contributed by atoms with van der Waals surface area (Å²) in [5.41, 5.74) is 8.58. The minimum absolute atomic E-state index is 0.0371. The molecule has 1 aliphatic rings. The van der Waals surface area contributed by atoms with Crippen molar-refractivity contribution >= 4 is 72.6 Å². The van der Waals surface area contributed by atoms with E-state index in [2.05, 4.69) is 37.4 Å². The summed E-state index contributed by atoms with van der Waals surface area (Å²) in [6.07, 6.45) is 2.07. The number of carboxylic acids is 1. The molecule has 5 heterocycles. The van der Waals surface area contributed by atoms with Crippen molar-refractivity contribution < 1.29 is 36.3 Å². The second-order valence-electron chi connectivity index (χ2n) is 18.3. The molecular formula is C56H48F3N13O5S. The number of tetrazole rings is 1. The van der Waals surface area contributed by atoms with Gasteiger partial charge in [-0.15, -0.1) is 10.2 Å². The molecule has 1 fully saturated rings. The van der Waals surface area contributed by atoms with Gasteiger partial charge in [0.1, 0.15) is 23.3 Å². The van der Waals surface area contributed by atoms with Gasteiger partial charge in [-0.1, -0.05) is 18.2 Å². The maximum Gasteiger partial charge on any atom is 0.335 e. The van der Waals surface area contributed by atoms with Gasteiger partial charge in [0.2, 0.25) is 23.6 Å². The van der Waals surface area contributed by atoms with Crippen molar-refractivity contribution in [1.29, 1.82) is 0 Å². The monoisotopic (exact) mass is 1070 g/mol. The Labute approximate surface area is 444 Å². The van der Waals surface area contributed by atoms with Crippen molar-refractivity contribution in [1.82, 2.24) is 54.0 Å². The molecule has 12 rings (SSSR count). The second-order valence-corrected chi connectivity index (χ2v) is 19.9. The number of hydrogen-bond donors (Lipinski definition) is 3. The summed E-state index contributed by atoms with van der Waals surface area (Å²) in [6.45, 7) is 5.92. The number of anilines is 3. The number of sulfonamides is 1. The van der Waals surface area contributed by atoms with Crippen LogP contribution < -0.4 is 14.5 Å². The number of nitrogens with zero attached hydrogens (tertiary/aromatic N) is 11. The molecule has 78 heavy (non-hydrogen) atoms. The smallest absolute Gasteiger partial charge is 0.335 e. The molecule has 1 atom stereocenters. The minimum Gasteiger partial charge on any atom is -0.478 e. The highest BCUT2D eigenvalue weighted by Crippen LogP contribution is 2.35.